The van der Waals surface area contributed by atoms with Crippen LogP contribution < -0.4 is 10.3 Å². The van der Waals surface area contributed by atoms with Gasteiger partial charge in [0.2, 0.25) is 5.91 Å². The largest absolute Gasteiger partial charge is 0.320 e. The second-order valence-corrected chi connectivity index (χ2v) is 6.93. The summed E-state index contributed by atoms with van der Waals surface area (Å²) in [7, 11) is 0. The monoisotopic (exact) mass is 449 g/mol. The predicted octanol–water partition coefficient (Wildman–Crippen LogP) is 4.33. The fraction of sp³-hybridized carbons (Fsp3) is 0.118. The van der Waals surface area contributed by atoms with Crippen molar-refractivity contribution in [2.45, 2.75) is 12.8 Å². The van der Waals surface area contributed by atoms with Gasteiger partial charge in [-0.2, -0.15) is 5.10 Å². The van der Waals surface area contributed by atoms with E-state index >= 15 is 0 Å². The van der Waals surface area contributed by atoms with E-state index in [4.69, 9.17) is 0 Å². The molecule has 24 heavy (non-hydrogen) atoms. The van der Waals surface area contributed by atoms with Crippen LogP contribution in [-0.2, 0) is 9.59 Å². The van der Waals surface area contributed by atoms with Gasteiger partial charge < -0.3 is 5.32 Å². The molecule has 0 aromatic heterocycles. The number of para-hydroxylation sites is 1. The summed E-state index contributed by atoms with van der Waals surface area (Å²) in [5.74, 6) is -0.439. The van der Waals surface area contributed by atoms with Gasteiger partial charge in [-0.3, -0.25) is 9.59 Å². The Bertz CT molecular complexity index is 819. The zero-order chi connectivity index (χ0) is 17.1. The van der Waals surface area contributed by atoms with Gasteiger partial charge in [-0.25, -0.2) is 5.01 Å². The lowest BCUT2D eigenvalue weighted by atomic mass is 10.1. The molecule has 1 aliphatic rings. The summed E-state index contributed by atoms with van der Waals surface area (Å²) < 4.78 is 1.70. The molecule has 0 radical (unpaired) electrons. The van der Waals surface area contributed by atoms with Crippen molar-refractivity contribution in [1.29, 1.82) is 0 Å². The van der Waals surface area contributed by atoms with Gasteiger partial charge in [0.25, 0.3) is 5.91 Å². The van der Waals surface area contributed by atoms with Crippen LogP contribution in [0.4, 0.5) is 11.4 Å². The van der Waals surface area contributed by atoms with E-state index in [1.165, 1.54) is 5.01 Å². The molecule has 122 valence electrons. The zero-order valence-electron chi connectivity index (χ0n) is 12.5. The van der Waals surface area contributed by atoms with E-state index in [1.54, 1.807) is 18.2 Å². The molecule has 2 aromatic carbocycles. The van der Waals surface area contributed by atoms with Crippen molar-refractivity contribution < 1.29 is 9.59 Å². The van der Waals surface area contributed by atoms with Gasteiger partial charge in [-0.15, -0.1) is 0 Å². The highest BCUT2D eigenvalue weighted by Crippen LogP contribution is 2.24. The number of hydrogen-bond donors (Lipinski definition) is 1. The van der Waals surface area contributed by atoms with Crippen molar-refractivity contribution >= 4 is 60.8 Å². The van der Waals surface area contributed by atoms with E-state index in [1.807, 2.05) is 30.3 Å². The summed E-state index contributed by atoms with van der Waals surface area (Å²) in [4.78, 5) is 24.6. The summed E-state index contributed by atoms with van der Waals surface area (Å²) in [5.41, 5.74) is 1.62. The smallest absolute Gasteiger partial charge is 0.271 e. The minimum Gasteiger partial charge on any atom is -0.320 e. The Morgan fingerprint density at radius 3 is 2.46 bits per heavy atom. The number of rotatable bonds is 3. The molecule has 0 spiro atoms. The van der Waals surface area contributed by atoms with Crippen molar-refractivity contribution in [3.63, 3.8) is 0 Å². The van der Waals surface area contributed by atoms with Crippen molar-refractivity contribution in [2.75, 3.05) is 10.3 Å². The van der Waals surface area contributed by atoms with E-state index in [2.05, 4.69) is 42.3 Å². The first-order chi connectivity index (χ1) is 11.5. The zero-order valence-corrected chi connectivity index (χ0v) is 15.7. The van der Waals surface area contributed by atoms with Crippen LogP contribution in [0.2, 0.25) is 0 Å². The summed E-state index contributed by atoms with van der Waals surface area (Å²) in [5, 5.41) is 8.34. The van der Waals surface area contributed by atoms with Crippen LogP contribution in [0.25, 0.3) is 0 Å². The van der Waals surface area contributed by atoms with Crippen molar-refractivity contribution in [2.24, 2.45) is 5.10 Å². The standard InChI is InChI=1S/C17H13Br2N3O2/c18-11-5-7-12(8-6-11)22-16(23)10-9-15(21-22)17(24)20-14-4-2-1-3-13(14)19/h1-8H,9-10H2,(H,20,24). The van der Waals surface area contributed by atoms with Crippen molar-refractivity contribution in [3.05, 3.63) is 57.5 Å². The van der Waals surface area contributed by atoms with Crippen molar-refractivity contribution in [3.8, 4) is 0 Å². The lowest BCUT2D eigenvalue weighted by Gasteiger charge is -2.23. The summed E-state index contributed by atoms with van der Waals surface area (Å²) in [6.07, 6.45) is 0.570. The number of carbonyl (C=O) groups excluding carboxylic acids is 2. The molecule has 1 aliphatic heterocycles. The highest BCUT2D eigenvalue weighted by molar-refractivity contribution is 9.10. The third-order valence-electron chi connectivity index (χ3n) is 3.49. The Kier molecular flexibility index (Phi) is 5.11. The Morgan fingerprint density at radius 1 is 1.04 bits per heavy atom. The predicted molar refractivity (Wildman–Crippen MR) is 101 cm³/mol. The second kappa shape index (κ2) is 7.27. The molecule has 0 unspecified atom stereocenters. The number of halogens is 2. The van der Waals surface area contributed by atoms with Crippen molar-refractivity contribution in [1.82, 2.24) is 0 Å². The molecule has 0 saturated heterocycles. The molecule has 3 rings (SSSR count). The Balaban J connectivity index is 1.83. The first kappa shape index (κ1) is 16.9. The average Bonchev–Trinajstić information content (AvgIpc) is 2.58. The molecule has 2 aromatic rings. The minimum atomic E-state index is -0.309. The number of carbonyl (C=O) groups is 2. The first-order valence-corrected chi connectivity index (χ1v) is 8.85. The van der Waals surface area contributed by atoms with Crippen LogP contribution in [0.3, 0.4) is 0 Å². The maximum atomic E-state index is 12.4. The SMILES string of the molecule is O=C(Nc1ccccc1Br)C1=NN(c2ccc(Br)cc2)C(=O)CC1. The Hall–Kier alpha value is -1.99. The van der Waals surface area contributed by atoms with Crippen LogP contribution in [0, 0.1) is 0 Å². The van der Waals surface area contributed by atoms with Crippen LogP contribution in [0.1, 0.15) is 12.8 Å². The summed E-state index contributed by atoms with van der Waals surface area (Å²) >= 11 is 6.75. The molecule has 7 heteroatoms. The fourth-order valence-electron chi connectivity index (χ4n) is 2.26. The van der Waals surface area contributed by atoms with E-state index < -0.39 is 0 Å². The van der Waals surface area contributed by atoms with Gasteiger partial charge in [0, 0.05) is 21.8 Å². The Labute approximate surface area is 156 Å². The van der Waals surface area contributed by atoms with Gasteiger partial charge in [-0.1, -0.05) is 28.1 Å². The number of benzene rings is 2. The topological polar surface area (TPSA) is 61.8 Å². The summed E-state index contributed by atoms with van der Waals surface area (Å²) in [6.45, 7) is 0. The molecule has 0 aliphatic carbocycles. The van der Waals surface area contributed by atoms with Gasteiger partial charge in [0.1, 0.15) is 5.71 Å². The van der Waals surface area contributed by atoms with Gasteiger partial charge in [-0.05, 0) is 52.3 Å². The van der Waals surface area contributed by atoms with E-state index in [9.17, 15) is 9.59 Å². The number of hydrazone groups is 1. The van der Waals surface area contributed by atoms with Crippen LogP contribution in [-0.4, -0.2) is 17.5 Å². The fourth-order valence-corrected chi connectivity index (χ4v) is 2.91. The molecule has 0 fully saturated rings. The number of amides is 2. The molecule has 0 saturated carbocycles. The quantitative estimate of drug-likeness (QED) is 0.756. The summed E-state index contributed by atoms with van der Waals surface area (Å²) in [6, 6.07) is 14.5. The number of hydrogen-bond acceptors (Lipinski definition) is 3. The number of nitrogens with one attached hydrogen (secondary N) is 1. The Morgan fingerprint density at radius 2 is 1.75 bits per heavy atom. The molecular weight excluding hydrogens is 438 g/mol. The van der Waals surface area contributed by atoms with Gasteiger partial charge in [0.05, 0.1) is 11.4 Å². The number of nitrogens with zero attached hydrogens (tertiary/aromatic N) is 2. The van der Waals surface area contributed by atoms with Gasteiger partial charge in [0.15, 0.2) is 0 Å². The van der Waals surface area contributed by atoms with E-state index in [-0.39, 0.29) is 18.2 Å². The molecule has 1 heterocycles. The molecular formula is C17H13Br2N3O2. The van der Waals surface area contributed by atoms with Crippen LogP contribution >= 0.6 is 31.9 Å². The molecule has 5 nitrogen and oxygen atoms in total. The molecule has 1 N–H and O–H groups in total. The van der Waals surface area contributed by atoms with E-state index in [0.29, 0.717) is 23.5 Å². The maximum Gasteiger partial charge on any atom is 0.271 e. The van der Waals surface area contributed by atoms with Crippen LogP contribution in [0.15, 0.2) is 62.6 Å². The van der Waals surface area contributed by atoms with Crippen LogP contribution in [0.5, 0.6) is 0 Å². The highest BCUT2D eigenvalue weighted by Gasteiger charge is 2.25. The lowest BCUT2D eigenvalue weighted by Crippen LogP contribution is -2.36. The van der Waals surface area contributed by atoms with E-state index in [0.717, 1.165) is 8.95 Å². The third-order valence-corrected chi connectivity index (χ3v) is 4.71. The second-order valence-electron chi connectivity index (χ2n) is 5.16. The maximum absolute atomic E-state index is 12.4. The highest BCUT2D eigenvalue weighted by atomic mass is 79.9. The first-order valence-electron chi connectivity index (χ1n) is 7.26. The molecule has 0 atom stereocenters. The lowest BCUT2D eigenvalue weighted by molar-refractivity contribution is -0.118. The minimum absolute atomic E-state index is 0.130. The van der Waals surface area contributed by atoms with Gasteiger partial charge >= 0.3 is 0 Å². The average molecular weight is 451 g/mol. The third kappa shape index (κ3) is 3.73. The normalized spacial score (nSPS) is 14.3. The molecule has 2 amide bonds. The number of anilines is 2. The molecule has 0 bridgehead atoms.